The summed E-state index contributed by atoms with van der Waals surface area (Å²) < 4.78 is 0. The van der Waals surface area contributed by atoms with Crippen LogP contribution in [0.15, 0.2) is 60.7 Å². The van der Waals surface area contributed by atoms with Crippen LogP contribution in [0, 0.1) is 23.7 Å². The van der Waals surface area contributed by atoms with E-state index in [1.165, 1.54) is 0 Å². The van der Waals surface area contributed by atoms with Gasteiger partial charge in [0.2, 0.25) is 65.0 Å². The summed E-state index contributed by atoms with van der Waals surface area (Å²) >= 11 is 0. The van der Waals surface area contributed by atoms with Gasteiger partial charge in [-0.2, -0.15) is 0 Å². The Morgan fingerprint density at radius 2 is 0.765 bits per heavy atom. The van der Waals surface area contributed by atoms with Crippen molar-refractivity contribution in [3.8, 4) is 0 Å². The summed E-state index contributed by atoms with van der Waals surface area (Å²) in [6, 6.07) is 6.85. The number of carbonyl (C=O) groups is 12. The summed E-state index contributed by atoms with van der Waals surface area (Å²) in [6.07, 6.45) is 0.883. The fourth-order valence-corrected chi connectivity index (χ4v) is 7.61. The number of aliphatic carboxylic acids is 1. The van der Waals surface area contributed by atoms with E-state index in [9.17, 15) is 62.6 Å². The fourth-order valence-electron chi connectivity index (χ4n) is 7.61. The highest BCUT2D eigenvalue weighted by Gasteiger charge is 2.36. The molecule has 16 N–H and O–H groups in total. The molecule has 10 atom stereocenters. The zero-order valence-corrected chi connectivity index (χ0v) is 47.1. The summed E-state index contributed by atoms with van der Waals surface area (Å²) in [5.41, 5.74) is 7.38. The standard InChI is InChI=1S/C54H82N12O15/c1-9-31(7)43(55)50(76)64-44(29(3)4)51(77)62-35(21-33-17-13-11-14-18-33)47(73)58-23-39(69)56-25-41(71)60-37(27-67)49(75)66-46(32(8)10-2)53(79)65-45(30(5)6)52(78)63-36(22-34-19-15-12-16-20-34)48(74)59-24-40(70)57-26-42(72)61-38(28-68)54(80)81/h11-20,29-32,35-38,43-46,67-68H,9-10,21-28,55H2,1-8H3,(H,56,69)(H,57,70)(H,58,73)(H,59,74)(H,60,71)(H,61,72)(H,62,77)(H,63,78)(H,64,76)(H,65,79)(H,66,75)(H,80,81)/t31-,32-,35-,36-,37-,38-,43-,44-,45-,46-/m0/s1. The predicted molar refractivity (Wildman–Crippen MR) is 294 cm³/mol. The zero-order valence-electron chi connectivity index (χ0n) is 47.1. The molecule has 0 aliphatic heterocycles. The average molecular weight is 1140 g/mol. The quantitative estimate of drug-likeness (QED) is 0.0314. The number of hydrogen-bond acceptors (Lipinski definition) is 15. The van der Waals surface area contributed by atoms with Crippen molar-refractivity contribution in [3.05, 3.63) is 71.8 Å². The third kappa shape index (κ3) is 24.5. The molecule has 0 fully saturated rings. The van der Waals surface area contributed by atoms with Crippen molar-refractivity contribution in [2.45, 2.75) is 129 Å². The summed E-state index contributed by atoms with van der Waals surface area (Å²) in [5.74, 6) is -12.3. The molecule has 11 amide bonds. The lowest BCUT2D eigenvalue weighted by Gasteiger charge is -2.30. The molecule has 0 spiro atoms. The zero-order chi connectivity index (χ0) is 60.9. The van der Waals surface area contributed by atoms with Crippen LogP contribution < -0.4 is 64.2 Å². The molecule has 27 heteroatoms. The van der Waals surface area contributed by atoms with Crippen LogP contribution in [0.4, 0.5) is 0 Å². The fraction of sp³-hybridized carbons (Fsp3) is 0.556. The van der Waals surface area contributed by atoms with E-state index in [0.717, 1.165) is 0 Å². The van der Waals surface area contributed by atoms with Gasteiger partial charge in [-0.05, 0) is 34.8 Å². The lowest BCUT2D eigenvalue weighted by Crippen LogP contribution is -2.61. The Labute approximate surface area is 471 Å². The van der Waals surface area contributed by atoms with Gasteiger partial charge in [0.25, 0.3) is 0 Å². The minimum absolute atomic E-state index is 0.00845. The van der Waals surface area contributed by atoms with E-state index < -0.39 is 176 Å². The maximum Gasteiger partial charge on any atom is 0.328 e. The predicted octanol–water partition coefficient (Wildman–Crippen LogP) is -3.87. The summed E-state index contributed by atoms with van der Waals surface area (Å²) in [4.78, 5) is 157. The monoisotopic (exact) mass is 1140 g/mol. The topological polar surface area (TPSA) is 424 Å². The summed E-state index contributed by atoms with van der Waals surface area (Å²) in [7, 11) is 0. The number of amides is 11. The molecule has 0 bridgehead atoms. The van der Waals surface area contributed by atoms with Crippen LogP contribution in [-0.4, -0.2) is 174 Å². The van der Waals surface area contributed by atoms with Gasteiger partial charge in [-0.15, -0.1) is 0 Å². The van der Waals surface area contributed by atoms with E-state index in [1.54, 1.807) is 102 Å². The number of carboxylic acids is 1. The highest BCUT2D eigenvalue weighted by atomic mass is 16.4. The number of carboxylic acid groups (broad SMARTS) is 1. The Kier molecular flexibility index (Phi) is 30.3. The molecule has 0 unspecified atom stereocenters. The number of nitrogens with two attached hydrogens (primary N) is 1. The summed E-state index contributed by atoms with van der Waals surface area (Å²) in [5, 5.41) is 55.1. The number of benzene rings is 2. The van der Waals surface area contributed by atoms with E-state index in [-0.39, 0.29) is 18.8 Å². The van der Waals surface area contributed by atoms with Gasteiger partial charge >= 0.3 is 5.97 Å². The third-order valence-corrected chi connectivity index (χ3v) is 13.1. The largest absolute Gasteiger partial charge is 0.480 e. The Hall–Kier alpha value is -8.04. The molecule has 0 aliphatic rings. The number of hydrogen-bond donors (Lipinski definition) is 15. The van der Waals surface area contributed by atoms with Gasteiger partial charge in [0.05, 0.1) is 45.4 Å². The molecule has 0 heterocycles. The van der Waals surface area contributed by atoms with Crippen molar-refractivity contribution in [3.63, 3.8) is 0 Å². The van der Waals surface area contributed by atoms with Gasteiger partial charge in [0, 0.05) is 12.8 Å². The first-order valence-electron chi connectivity index (χ1n) is 26.7. The normalized spacial score (nSPS) is 14.7. The van der Waals surface area contributed by atoms with E-state index >= 15 is 0 Å². The van der Waals surface area contributed by atoms with E-state index in [1.807, 2.05) is 19.2 Å². The minimum atomic E-state index is -1.64. The van der Waals surface area contributed by atoms with E-state index in [4.69, 9.17) is 15.9 Å². The molecule has 2 aromatic rings. The molecular weight excluding hydrogens is 1060 g/mol. The number of carbonyl (C=O) groups excluding carboxylic acids is 11. The second-order valence-corrected chi connectivity index (χ2v) is 20.2. The van der Waals surface area contributed by atoms with Gasteiger partial charge in [0.15, 0.2) is 0 Å². The van der Waals surface area contributed by atoms with Crippen LogP contribution in [0.1, 0.15) is 79.4 Å². The lowest BCUT2D eigenvalue weighted by molar-refractivity contribution is -0.142. The highest BCUT2D eigenvalue weighted by molar-refractivity contribution is 5.98. The van der Waals surface area contributed by atoms with Crippen molar-refractivity contribution >= 4 is 70.9 Å². The van der Waals surface area contributed by atoms with Crippen LogP contribution in [0.5, 0.6) is 0 Å². The second kappa shape index (κ2) is 35.5. The molecule has 27 nitrogen and oxygen atoms in total. The molecular formula is C54H82N12O15. The first-order valence-corrected chi connectivity index (χ1v) is 26.7. The first kappa shape index (κ1) is 69.1. The Bertz CT molecular complexity index is 2450. The average Bonchev–Trinajstić information content (AvgIpc) is 3.44. The van der Waals surface area contributed by atoms with Crippen molar-refractivity contribution in [2.24, 2.45) is 29.4 Å². The third-order valence-electron chi connectivity index (χ3n) is 13.1. The number of nitrogens with one attached hydrogen (secondary N) is 11. The second-order valence-electron chi connectivity index (χ2n) is 20.2. The van der Waals surface area contributed by atoms with Crippen LogP contribution in [0.3, 0.4) is 0 Å². The maximum absolute atomic E-state index is 14.0. The van der Waals surface area contributed by atoms with E-state index in [2.05, 4.69) is 53.2 Å². The highest BCUT2D eigenvalue weighted by Crippen LogP contribution is 2.13. The van der Waals surface area contributed by atoms with Crippen molar-refractivity contribution in [1.82, 2.24) is 58.5 Å². The maximum atomic E-state index is 14.0. The van der Waals surface area contributed by atoms with Crippen LogP contribution in [0.2, 0.25) is 0 Å². The van der Waals surface area contributed by atoms with Crippen molar-refractivity contribution in [2.75, 3.05) is 39.4 Å². The van der Waals surface area contributed by atoms with Gasteiger partial charge in [-0.3, -0.25) is 52.7 Å². The van der Waals surface area contributed by atoms with Crippen molar-refractivity contribution in [1.29, 1.82) is 0 Å². The number of rotatable bonds is 35. The number of aliphatic hydroxyl groups is 2. The van der Waals surface area contributed by atoms with Gasteiger partial charge < -0.3 is 79.5 Å². The molecule has 0 aromatic heterocycles. The van der Waals surface area contributed by atoms with Gasteiger partial charge in [-0.25, -0.2) is 4.79 Å². The lowest BCUT2D eigenvalue weighted by atomic mass is 9.96. The molecule has 448 valence electrons. The van der Waals surface area contributed by atoms with Gasteiger partial charge in [-0.1, -0.05) is 129 Å². The number of aliphatic hydroxyl groups excluding tert-OH is 2. The SMILES string of the molecule is CC[C@H](C)[C@H](N)C(=O)N[C@H](C(=O)N[C@@H](Cc1ccccc1)C(=O)NCC(=O)NCC(=O)N[C@@H](CO)C(=O)N[C@H](C(=O)N[C@H](C(=O)N[C@@H](Cc1ccccc1)C(=O)NCC(=O)NCC(=O)N[C@@H](CO)C(=O)O)C(C)C)[C@@H](C)CC)C(C)C. The Morgan fingerprint density at radius 3 is 1.14 bits per heavy atom. The van der Waals surface area contributed by atoms with Crippen LogP contribution in [-0.2, 0) is 70.4 Å². The Balaban J connectivity index is 2.11. The molecule has 0 aliphatic carbocycles. The molecule has 0 saturated carbocycles. The van der Waals surface area contributed by atoms with E-state index in [0.29, 0.717) is 24.0 Å². The van der Waals surface area contributed by atoms with Crippen LogP contribution in [0.25, 0.3) is 0 Å². The molecule has 0 saturated heterocycles. The Morgan fingerprint density at radius 1 is 0.407 bits per heavy atom. The summed E-state index contributed by atoms with van der Waals surface area (Å²) in [6.45, 7) is 9.13. The molecule has 2 rings (SSSR count). The molecule has 0 radical (unpaired) electrons. The smallest absolute Gasteiger partial charge is 0.328 e. The van der Waals surface area contributed by atoms with Crippen LogP contribution >= 0.6 is 0 Å². The molecule has 2 aromatic carbocycles. The minimum Gasteiger partial charge on any atom is -0.480 e. The molecule has 81 heavy (non-hydrogen) atoms. The van der Waals surface area contributed by atoms with Crippen molar-refractivity contribution < 1.29 is 72.9 Å². The first-order chi connectivity index (χ1) is 38.3. The van der Waals surface area contributed by atoms with Gasteiger partial charge in [0.1, 0.15) is 42.3 Å².